The third-order valence-corrected chi connectivity index (χ3v) is 3.21. The number of aromatic nitrogens is 2. The van der Waals surface area contributed by atoms with Crippen LogP contribution in [0.4, 0.5) is 5.95 Å². The second-order valence-corrected chi connectivity index (χ2v) is 4.54. The summed E-state index contributed by atoms with van der Waals surface area (Å²) in [4.78, 5) is 19.1. The summed E-state index contributed by atoms with van der Waals surface area (Å²) >= 11 is 0. The minimum absolute atomic E-state index is 0.0266. The zero-order chi connectivity index (χ0) is 14.1. The molecule has 102 valence electrons. The lowest BCUT2D eigenvalue weighted by molar-refractivity contribution is 0.0695. The van der Waals surface area contributed by atoms with Crippen LogP contribution >= 0.6 is 0 Å². The van der Waals surface area contributed by atoms with Crippen molar-refractivity contribution < 1.29 is 14.6 Å². The number of anilines is 1. The van der Waals surface area contributed by atoms with Crippen LogP contribution in [0.2, 0.25) is 0 Å². The number of fused-ring (bicyclic) bond motifs is 1. The molecule has 2 aromatic rings. The van der Waals surface area contributed by atoms with Gasteiger partial charge in [-0.05, 0) is 13.0 Å². The van der Waals surface area contributed by atoms with Crippen LogP contribution in [-0.2, 0) is 0 Å². The number of nitrogens with one attached hydrogen (secondary N) is 1. The standard InChI is InChI=1S/C14H13N3O3/c1-8-10(13(18)19)6-15-14(16-8)17-11-7-20-12-5-3-2-4-9(11)12/h2-6,11H,7H2,1H3,(H,18,19)(H,15,16,17). The Labute approximate surface area is 115 Å². The summed E-state index contributed by atoms with van der Waals surface area (Å²) in [5.74, 6) is 0.227. The number of aryl methyl sites for hydroxylation is 1. The first-order chi connectivity index (χ1) is 9.65. The van der Waals surface area contributed by atoms with E-state index in [-0.39, 0.29) is 11.6 Å². The Morgan fingerprint density at radius 2 is 2.25 bits per heavy atom. The molecule has 1 atom stereocenters. The number of ether oxygens (including phenoxy) is 1. The molecule has 20 heavy (non-hydrogen) atoms. The Balaban J connectivity index is 1.83. The number of carboxylic acid groups (broad SMARTS) is 1. The van der Waals surface area contributed by atoms with Crippen LogP contribution in [0.5, 0.6) is 5.75 Å². The number of hydrogen-bond donors (Lipinski definition) is 2. The number of aromatic carboxylic acids is 1. The molecule has 1 aliphatic rings. The molecule has 3 rings (SSSR count). The van der Waals surface area contributed by atoms with Crippen molar-refractivity contribution >= 4 is 11.9 Å². The van der Waals surface area contributed by atoms with E-state index in [0.29, 0.717) is 18.2 Å². The molecule has 1 unspecified atom stereocenters. The van der Waals surface area contributed by atoms with Gasteiger partial charge in [0.2, 0.25) is 5.95 Å². The second kappa shape index (κ2) is 4.80. The van der Waals surface area contributed by atoms with Crippen molar-refractivity contribution in [3.05, 3.63) is 47.3 Å². The Kier molecular flexibility index (Phi) is 2.98. The van der Waals surface area contributed by atoms with Gasteiger partial charge < -0.3 is 15.2 Å². The SMILES string of the molecule is Cc1nc(NC2COc3ccccc32)ncc1C(=O)O. The van der Waals surface area contributed by atoms with Crippen molar-refractivity contribution in [1.29, 1.82) is 0 Å². The molecule has 0 saturated carbocycles. The molecule has 1 aromatic carbocycles. The average molecular weight is 271 g/mol. The van der Waals surface area contributed by atoms with Gasteiger partial charge in [-0.2, -0.15) is 0 Å². The molecule has 1 aromatic heterocycles. The fraction of sp³-hybridized carbons (Fsp3) is 0.214. The van der Waals surface area contributed by atoms with Gasteiger partial charge in [-0.3, -0.25) is 0 Å². The van der Waals surface area contributed by atoms with Gasteiger partial charge in [0.05, 0.1) is 17.3 Å². The molecule has 0 aliphatic carbocycles. The first-order valence-corrected chi connectivity index (χ1v) is 6.20. The van der Waals surface area contributed by atoms with Crippen LogP contribution in [0.25, 0.3) is 0 Å². The summed E-state index contributed by atoms with van der Waals surface area (Å²) in [7, 11) is 0. The summed E-state index contributed by atoms with van der Waals surface area (Å²) in [5, 5.41) is 12.1. The molecule has 0 spiro atoms. The summed E-state index contributed by atoms with van der Waals surface area (Å²) in [5.41, 5.74) is 1.59. The van der Waals surface area contributed by atoms with E-state index >= 15 is 0 Å². The molecule has 0 radical (unpaired) electrons. The van der Waals surface area contributed by atoms with Gasteiger partial charge in [0.1, 0.15) is 12.4 Å². The second-order valence-electron chi connectivity index (χ2n) is 4.54. The van der Waals surface area contributed by atoms with E-state index in [9.17, 15) is 4.79 Å². The molecule has 0 amide bonds. The lowest BCUT2D eigenvalue weighted by Gasteiger charge is -2.12. The Bertz CT molecular complexity index is 672. The third-order valence-electron chi connectivity index (χ3n) is 3.21. The van der Waals surface area contributed by atoms with E-state index in [1.165, 1.54) is 6.20 Å². The number of benzene rings is 1. The van der Waals surface area contributed by atoms with Crippen molar-refractivity contribution in [1.82, 2.24) is 9.97 Å². The van der Waals surface area contributed by atoms with E-state index < -0.39 is 5.97 Å². The predicted molar refractivity (Wildman–Crippen MR) is 72.0 cm³/mol. The largest absolute Gasteiger partial charge is 0.491 e. The van der Waals surface area contributed by atoms with Gasteiger partial charge in [-0.25, -0.2) is 14.8 Å². The highest BCUT2D eigenvalue weighted by Crippen LogP contribution is 2.33. The topological polar surface area (TPSA) is 84.3 Å². The zero-order valence-electron chi connectivity index (χ0n) is 10.8. The number of para-hydroxylation sites is 1. The summed E-state index contributed by atoms with van der Waals surface area (Å²) in [6, 6.07) is 7.74. The summed E-state index contributed by atoms with van der Waals surface area (Å²) in [6.45, 7) is 2.15. The molecule has 1 aliphatic heterocycles. The predicted octanol–water partition coefficient (Wildman–Crippen LogP) is 2.03. The molecule has 0 saturated heterocycles. The maximum atomic E-state index is 10.9. The first kappa shape index (κ1) is 12.4. The number of hydrogen-bond acceptors (Lipinski definition) is 5. The number of carbonyl (C=O) groups is 1. The molecule has 6 nitrogen and oxygen atoms in total. The van der Waals surface area contributed by atoms with E-state index in [2.05, 4.69) is 15.3 Å². The maximum Gasteiger partial charge on any atom is 0.339 e. The smallest absolute Gasteiger partial charge is 0.339 e. The minimum Gasteiger partial charge on any atom is -0.491 e. The lowest BCUT2D eigenvalue weighted by atomic mass is 10.1. The molecule has 0 fully saturated rings. The number of rotatable bonds is 3. The van der Waals surface area contributed by atoms with Crippen molar-refractivity contribution in [3.8, 4) is 5.75 Å². The van der Waals surface area contributed by atoms with Gasteiger partial charge >= 0.3 is 5.97 Å². The van der Waals surface area contributed by atoms with Gasteiger partial charge in [-0.15, -0.1) is 0 Å². The summed E-state index contributed by atoms with van der Waals surface area (Å²) < 4.78 is 5.56. The van der Waals surface area contributed by atoms with Crippen LogP contribution in [-0.4, -0.2) is 27.7 Å². The minimum atomic E-state index is -1.02. The van der Waals surface area contributed by atoms with E-state index in [1.54, 1.807) is 6.92 Å². The van der Waals surface area contributed by atoms with Crippen LogP contribution in [0.15, 0.2) is 30.5 Å². The highest BCUT2D eigenvalue weighted by Gasteiger charge is 2.24. The fourth-order valence-electron chi connectivity index (χ4n) is 2.18. The van der Waals surface area contributed by atoms with Gasteiger partial charge in [-0.1, -0.05) is 18.2 Å². The molecular weight excluding hydrogens is 258 g/mol. The first-order valence-electron chi connectivity index (χ1n) is 6.20. The van der Waals surface area contributed by atoms with Crippen LogP contribution in [0.3, 0.4) is 0 Å². The number of carboxylic acids is 1. The highest BCUT2D eigenvalue weighted by molar-refractivity contribution is 5.88. The Morgan fingerprint density at radius 1 is 1.45 bits per heavy atom. The highest BCUT2D eigenvalue weighted by atomic mass is 16.5. The van der Waals surface area contributed by atoms with Crippen LogP contribution < -0.4 is 10.1 Å². The Morgan fingerprint density at radius 3 is 3.00 bits per heavy atom. The zero-order valence-corrected chi connectivity index (χ0v) is 10.8. The molecule has 2 heterocycles. The molecule has 2 N–H and O–H groups in total. The molecule has 6 heteroatoms. The lowest BCUT2D eigenvalue weighted by Crippen LogP contribution is -2.15. The number of nitrogens with zero attached hydrogens (tertiary/aromatic N) is 2. The van der Waals surface area contributed by atoms with Crippen molar-refractivity contribution in [3.63, 3.8) is 0 Å². The normalized spacial score (nSPS) is 16.4. The van der Waals surface area contributed by atoms with Crippen molar-refractivity contribution in [2.75, 3.05) is 11.9 Å². The van der Waals surface area contributed by atoms with E-state index in [1.807, 2.05) is 24.3 Å². The van der Waals surface area contributed by atoms with Crippen LogP contribution in [0.1, 0.15) is 27.7 Å². The quantitative estimate of drug-likeness (QED) is 0.888. The maximum absolute atomic E-state index is 10.9. The van der Waals surface area contributed by atoms with Gasteiger partial charge in [0.25, 0.3) is 0 Å². The van der Waals surface area contributed by atoms with Crippen LogP contribution in [0, 0.1) is 6.92 Å². The summed E-state index contributed by atoms with van der Waals surface area (Å²) in [6.07, 6.45) is 1.31. The van der Waals surface area contributed by atoms with E-state index in [0.717, 1.165) is 11.3 Å². The Hall–Kier alpha value is -2.63. The molecular formula is C14H13N3O3. The third kappa shape index (κ3) is 2.16. The van der Waals surface area contributed by atoms with E-state index in [4.69, 9.17) is 9.84 Å². The van der Waals surface area contributed by atoms with Crippen molar-refractivity contribution in [2.45, 2.75) is 13.0 Å². The average Bonchev–Trinajstić information content (AvgIpc) is 2.82. The fourth-order valence-corrected chi connectivity index (χ4v) is 2.18. The van der Waals surface area contributed by atoms with Gasteiger partial charge in [0, 0.05) is 11.8 Å². The molecule has 0 bridgehead atoms. The van der Waals surface area contributed by atoms with Crippen molar-refractivity contribution in [2.24, 2.45) is 0 Å². The van der Waals surface area contributed by atoms with Gasteiger partial charge in [0.15, 0.2) is 0 Å². The monoisotopic (exact) mass is 271 g/mol.